The van der Waals surface area contributed by atoms with Crippen LogP contribution in [0.15, 0.2) is 0 Å². The number of rotatable bonds is 74. The van der Waals surface area contributed by atoms with E-state index >= 15 is 0 Å². The second-order valence-electron chi connectivity index (χ2n) is 21.0. The summed E-state index contributed by atoms with van der Waals surface area (Å²) in [5.41, 5.74) is 5.35. The third-order valence-corrected chi connectivity index (χ3v) is 13.4. The minimum atomic E-state index is -1.20. The zero-order valence-electron chi connectivity index (χ0n) is 53.2. The summed E-state index contributed by atoms with van der Waals surface area (Å²) in [6.45, 7) is 17.6. The van der Waals surface area contributed by atoms with Crippen LogP contribution in [-0.2, 0) is 80.7 Å². The summed E-state index contributed by atoms with van der Waals surface area (Å²) >= 11 is 0. The number of hydrogen-bond donors (Lipinski definition) is 4. The molecule has 0 aliphatic heterocycles. The maximum atomic E-state index is 12.9. The summed E-state index contributed by atoms with van der Waals surface area (Å²) in [4.78, 5) is 37.5. The van der Waals surface area contributed by atoms with Crippen LogP contribution >= 0.6 is 0 Å². The van der Waals surface area contributed by atoms with Gasteiger partial charge in [0.2, 0.25) is 11.8 Å². The standard InChI is InChI=1S/C63H125N3O18/c1-3-5-7-9-11-13-15-17-19-21-23-25-31-83-58-59(84-32-26-24-22-20-18-16-14-12-10-8-6-4-2)57-65-61(67)28-27-60(63(69)70)66-62(68)29-33-71-35-37-73-39-41-75-43-45-77-47-49-79-51-53-81-55-56-82-54-52-80-50-48-78-46-44-76-42-40-74-38-36-72-34-30-64/h59-60H,3-58,64H2,1-2H3,(H,65,67)(H,66,68)(H,69,70)/t59?,60-/m0/s1. The second-order valence-corrected chi connectivity index (χ2v) is 21.0. The molecule has 0 aromatic carbocycles. The molecule has 0 aromatic heterocycles. The van der Waals surface area contributed by atoms with Crippen LogP contribution in [0.25, 0.3) is 0 Å². The quantitative estimate of drug-likeness (QED) is 0.0415. The number of aliphatic carboxylic acids is 1. The van der Waals surface area contributed by atoms with Crippen LogP contribution in [0, 0.1) is 0 Å². The molecule has 500 valence electrons. The Morgan fingerprint density at radius 1 is 0.345 bits per heavy atom. The van der Waals surface area contributed by atoms with Crippen LogP contribution < -0.4 is 16.4 Å². The molecule has 0 bridgehead atoms. The fourth-order valence-electron chi connectivity index (χ4n) is 8.50. The summed E-state index contributed by atoms with van der Waals surface area (Å²) in [6.07, 6.45) is 30.3. The van der Waals surface area contributed by atoms with Crippen LogP contribution in [0.1, 0.15) is 187 Å². The predicted octanol–water partition coefficient (Wildman–Crippen LogP) is 8.80. The average molecular weight is 1210 g/mol. The van der Waals surface area contributed by atoms with E-state index in [1.165, 1.54) is 128 Å². The number of nitrogens with one attached hydrogen (secondary N) is 2. The first-order chi connectivity index (χ1) is 41.4. The average Bonchev–Trinajstić information content (AvgIpc) is 3.51. The van der Waals surface area contributed by atoms with Gasteiger partial charge in [-0.05, 0) is 19.3 Å². The highest BCUT2D eigenvalue weighted by atomic mass is 16.6. The molecule has 0 aliphatic rings. The Kier molecular flexibility index (Phi) is 69.7. The summed E-state index contributed by atoms with van der Waals surface area (Å²) < 4.78 is 77.9. The van der Waals surface area contributed by atoms with E-state index in [1.807, 2.05) is 0 Å². The van der Waals surface area contributed by atoms with Gasteiger partial charge in [-0.3, -0.25) is 9.59 Å². The fraction of sp³-hybridized carbons (Fsp3) is 0.952. The lowest BCUT2D eigenvalue weighted by Crippen LogP contribution is -2.42. The van der Waals surface area contributed by atoms with Crippen LogP contribution in [0.3, 0.4) is 0 Å². The smallest absolute Gasteiger partial charge is 0.326 e. The van der Waals surface area contributed by atoms with Crippen molar-refractivity contribution in [2.75, 3.05) is 191 Å². The Morgan fingerprint density at radius 3 is 0.964 bits per heavy atom. The molecule has 0 aromatic rings. The van der Waals surface area contributed by atoms with E-state index in [4.69, 9.17) is 72.0 Å². The van der Waals surface area contributed by atoms with Gasteiger partial charge in [-0.2, -0.15) is 0 Å². The Hall–Kier alpha value is -2.19. The van der Waals surface area contributed by atoms with Gasteiger partial charge in [-0.1, -0.05) is 155 Å². The molecule has 0 radical (unpaired) electrons. The van der Waals surface area contributed by atoms with Gasteiger partial charge in [0.15, 0.2) is 0 Å². The molecule has 0 saturated heterocycles. The van der Waals surface area contributed by atoms with Crippen LogP contribution in [0.2, 0.25) is 0 Å². The number of ether oxygens (including phenoxy) is 14. The summed E-state index contributed by atoms with van der Waals surface area (Å²) in [6, 6.07) is -1.20. The molecule has 0 fully saturated rings. The van der Waals surface area contributed by atoms with Crippen molar-refractivity contribution in [3.8, 4) is 0 Å². The Balaban J connectivity index is 3.95. The molecule has 0 heterocycles. The van der Waals surface area contributed by atoms with E-state index in [0.717, 1.165) is 25.7 Å². The first-order valence-electron chi connectivity index (χ1n) is 33.1. The highest BCUT2D eigenvalue weighted by Gasteiger charge is 2.21. The highest BCUT2D eigenvalue weighted by molar-refractivity contribution is 5.84. The molecule has 2 amide bonds. The van der Waals surface area contributed by atoms with Crippen molar-refractivity contribution in [3.63, 3.8) is 0 Å². The van der Waals surface area contributed by atoms with Gasteiger partial charge in [0.05, 0.1) is 171 Å². The molecule has 21 nitrogen and oxygen atoms in total. The number of carbonyl (C=O) groups is 3. The lowest BCUT2D eigenvalue weighted by atomic mass is 10.1. The monoisotopic (exact) mass is 1210 g/mol. The summed E-state index contributed by atoms with van der Waals surface area (Å²) in [5, 5.41) is 15.2. The molecular weight excluding hydrogens is 1090 g/mol. The maximum Gasteiger partial charge on any atom is 0.326 e. The van der Waals surface area contributed by atoms with Crippen LogP contribution in [0.4, 0.5) is 0 Å². The number of carboxylic acid groups (broad SMARTS) is 1. The molecule has 5 N–H and O–H groups in total. The molecule has 1 unspecified atom stereocenters. The van der Waals surface area contributed by atoms with Crippen molar-refractivity contribution in [1.29, 1.82) is 0 Å². The molecule has 0 spiro atoms. The SMILES string of the molecule is CCCCCCCCCCCCCCOCC(CNC(=O)CC[C@H](NC(=O)CCOCCOCCOCCOCCOCCOCCOCCOCCOCCOCCOCCOCCN)C(=O)O)OCCCCCCCCCCCCCC. The van der Waals surface area contributed by atoms with Crippen LogP contribution in [-0.4, -0.2) is 227 Å². The van der Waals surface area contributed by atoms with E-state index in [1.54, 1.807) is 0 Å². The van der Waals surface area contributed by atoms with Crippen molar-refractivity contribution >= 4 is 17.8 Å². The molecule has 0 rings (SSSR count). The van der Waals surface area contributed by atoms with Gasteiger partial charge < -0.3 is 87.8 Å². The molecule has 0 saturated carbocycles. The van der Waals surface area contributed by atoms with Gasteiger partial charge in [-0.25, -0.2) is 4.79 Å². The number of carbonyl (C=O) groups excluding carboxylic acids is 2. The molecular formula is C63H125N3O18. The van der Waals surface area contributed by atoms with E-state index in [-0.39, 0.29) is 51.0 Å². The Labute approximate surface area is 509 Å². The number of hydrogen-bond acceptors (Lipinski definition) is 18. The molecule has 84 heavy (non-hydrogen) atoms. The van der Waals surface area contributed by atoms with E-state index in [2.05, 4.69) is 24.5 Å². The van der Waals surface area contributed by atoms with Crippen LogP contribution in [0.5, 0.6) is 0 Å². The largest absolute Gasteiger partial charge is 0.480 e. The lowest BCUT2D eigenvalue weighted by Gasteiger charge is -2.19. The van der Waals surface area contributed by atoms with Crippen molar-refractivity contribution < 1.29 is 85.8 Å². The predicted molar refractivity (Wildman–Crippen MR) is 328 cm³/mol. The van der Waals surface area contributed by atoms with Crippen molar-refractivity contribution in [2.24, 2.45) is 5.73 Å². The topological polar surface area (TPSA) is 251 Å². The fourth-order valence-corrected chi connectivity index (χ4v) is 8.50. The third-order valence-electron chi connectivity index (χ3n) is 13.4. The number of nitrogens with two attached hydrogens (primary N) is 1. The van der Waals surface area contributed by atoms with Crippen molar-refractivity contribution in [2.45, 2.75) is 199 Å². The molecule has 0 aliphatic carbocycles. The number of amides is 2. The Bertz CT molecular complexity index is 1330. The normalized spacial score (nSPS) is 12.3. The van der Waals surface area contributed by atoms with E-state index < -0.39 is 17.9 Å². The second kappa shape index (κ2) is 71.6. The molecule has 2 atom stereocenters. The van der Waals surface area contributed by atoms with Gasteiger partial charge in [0.1, 0.15) is 6.04 Å². The minimum absolute atomic E-state index is 0.0226. The maximum absolute atomic E-state index is 12.9. The first-order valence-corrected chi connectivity index (χ1v) is 33.1. The summed E-state index contributed by atoms with van der Waals surface area (Å²) in [5.74, 6) is -1.96. The van der Waals surface area contributed by atoms with Gasteiger partial charge in [-0.15, -0.1) is 0 Å². The summed E-state index contributed by atoms with van der Waals surface area (Å²) in [7, 11) is 0. The third kappa shape index (κ3) is 67.3. The van der Waals surface area contributed by atoms with E-state index in [9.17, 15) is 19.5 Å². The van der Waals surface area contributed by atoms with Crippen molar-refractivity contribution in [1.82, 2.24) is 10.6 Å². The zero-order valence-corrected chi connectivity index (χ0v) is 53.2. The number of unbranched alkanes of at least 4 members (excludes halogenated alkanes) is 22. The Morgan fingerprint density at radius 2 is 0.643 bits per heavy atom. The van der Waals surface area contributed by atoms with E-state index in [0.29, 0.717) is 172 Å². The lowest BCUT2D eigenvalue weighted by molar-refractivity contribution is -0.142. The number of carboxylic acids is 1. The van der Waals surface area contributed by atoms with Crippen molar-refractivity contribution in [3.05, 3.63) is 0 Å². The van der Waals surface area contributed by atoms with Gasteiger partial charge >= 0.3 is 5.97 Å². The highest BCUT2D eigenvalue weighted by Crippen LogP contribution is 2.14. The zero-order chi connectivity index (χ0) is 60.8. The van der Waals surface area contributed by atoms with Gasteiger partial charge in [0, 0.05) is 39.1 Å². The minimum Gasteiger partial charge on any atom is -0.480 e. The first kappa shape index (κ1) is 81.8. The van der Waals surface area contributed by atoms with Gasteiger partial charge in [0.25, 0.3) is 0 Å². The molecule has 21 heteroatoms.